The smallest absolute Gasteiger partial charge is 0.271 e. The minimum Gasteiger partial charge on any atom is -0.468 e. The number of carbonyl (C=O) groups is 1. The van der Waals surface area contributed by atoms with E-state index in [1.54, 1.807) is 35.1 Å². The number of para-hydroxylation sites is 1. The van der Waals surface area contributed by atoms with Gasteiger partial charge in [0.1, 0.15) is 5.69 Å². The quantitative estimate of drug-likeness (QED) is 0.682. The monoisotopic (exact) mass is 433 g/mol. The summed E-state index contributed by atoms with van der Waals surface area (Å²) >= 11 is 12.2. The van der Waals surface area contributed by atoms with Crippen LogP contribution < -0.4 is 10.1 Å². The molecule has 1 amide bonds. The van der Waals surface area contributed by atoms with Crippen molar-refractivity contribution in [2.75, 3.05) is 6.54 Å². The van der Waals surface area contributed by atoms with E-state index in [2.05, 4.69) is 10.4 Å². The molecule has 0 saturated heterocycles. The summed E-state index contributed by atoms with van der Waals surface area (Å²) in [6.07, 6.45) is 9.79. The number of hydrogen-bond donors (Lipinski definition) is 1. The van der Waals surface area contributed by atoms with Gasteiger partial charge in [0.15, 0.2) is 12.5 Å². The Hall–Kier alpha value is -1.72. The van der Waals surface area contributed by atoms with Crippen molar-refractivity contribution in [1.29, 1.82) is 0 Å². The molecule has 4 fully saturated rings. The maximum atomic E-state index is 12.7. The van der Waals surface area contributed by atoms with Crippen LogP contribution in [0.1, 0.15) is 49.0 Å². The Labute approximate surface area is 180 Å². The number of carbonyl (C=O) groups excluding carboxylic acids is 1. The zero-order valence-corrected chi connectivity index (χ0v) is 17.8. The number of rotatable bonds is 6. The SMILES string of the molecule is O=C(NCC12CC3CC(CC(C3)C1)C2)c1ccn(COc2c(Cl)cccc2Cl)n1. The summed E-state index contributed by atoms with van der Waals surface area (Å²) in [4.78, 5) is 12.7. The van der Waals surface area contributed by atoms with Crippen LogP contribution >= 0.6 is 23.2 Å². The average molecular weight is 434 g/mol. The molecule has 0 atom stereocenters. The van der Waals surface area contributed by atoms with Crippen LogP contribution in [0.4, 0.5) is 0 Å². The van der Waals surface area contributed by atoms with Crippen molar-refractivity contribution in [3.05, 3.63) is 46.2 Å². The number of benzene rings is 1. The molecule has 1 N–H and O–H groups in total. The van der Waals surface area contributed by atoms with Gasteiger partial charge in [0, 0.05) is 12.7 Å². The minimum absolute atomic E-state index is 0.115. The lowest BCUT2D eigenvalue weighted by Gasteiger charge is -2.56. The molecule has 0 radical (unpaired) electrons. The summed E-state index contributed by atoms with van der Waals surface area (Å²) in [6, 6.07) is 6.91. The zero-order chi connectivity index (χ0) is 20.0. The summed E-state index contributed by atoms with van der Waals surface area (Å²) in [6.45, 7) is 0.902. The number of hydrogen-bond acceptors (Lipinski definition) is 3. The standard InChI is InChI=1S/C22H25Cl2N3O2/c23-17-2-1-3-18(24)20(17)29-13-27-5-4-19(26-27)21(28)25-12-22-9-14-6-15(10-22)8-16(7-14)11-22/h1-5,14-16H,6-13H2,(H,25,28). The number of aromatic nitrogens is 2. The van der Waals surface area contributed by atoms with Crippen LogP contribution in [0.3, 0.4) is 0 Å². The van der Waals surface area contributed by atoms with E-state index in [4.69, 9.17) is 27.9 Å². The molecule has 0 aliphatic heterocycles. The van der Waals surface area contributed by atoms with Crippen molar-refractivity contribution in [3.8, 4) is 5.75 Å². The molecular formula is C22H25Cl2N3O2. The Kier molecular flexibility index (Phi) is 4.99. The average Bonchev–Trinajstić information content (AvgIpc) is 3.14. The van der Waals surface area contributed by atoms with Crippen LogP contribution in [0, 0.1) is 23.2 Å². The van der Waals surface area contributed by atoms with E-state index in [-0.39, 0.29) is 12.6 Å². The summed E-state index contributed by atoms with van der Waals surface area (Å²) in [5.41, 5.74) is 0.722. The van der Waals surface area contributed by atoms with E-state index in [9.17, 15) is 4.79 Å². The minimum atomic E-state index is -0.115. The molecule has 2 aromatic rings. The molecule has 1 aromatic carbocycles. The Morgan fingerprint density at radius 2 is 1.72 bits per heavy atom. The largest absolute Gasteiger partial charge is 0.468 e. The van der Waals surface area contributed by atoms with Crippen molar-refractivity contribution in [3.63, 3.8) is 0 Å². The summed E-state index contributed by atoms with van der Waals surface area (Å²) in [7, 11) is 0. The highest BCUT2D eigenvalue weighted by molar-refractivity contribution is 6.37. The first-order chi connectivity index (χ1) is 14.0. The second-order valence-electron chi connectivity index (χ2n) is 9.16. The van der Waals surface area contributed by atoms with Crippen LogP contribution in [-0.4, -0.2) is 22.2 Å². The lowest BCUT2D eigenvalue weighted by molar-refractivity contribution is -0.0503. The van der Waals surface area contributed by atoms with Crippen LogP contribution in [0.15, 0.2) is 30.5 Å². The summed E-state index contributed by atoms with van der Waals surface area (Å²) in [5.74, 6) is 2.94. The lowest BCUT2D eigenvalue weighted by atomic mass is 9.49. The molecule has 4 aliphatic rings. The third kappa shape index (κ3) is 3.87. The molecule has 29 heavy (non-hydrogen) atoms. The van der Waals surface area contributed by atoms with Gasteiger partial charge in [0.2, 0.25) is 0 Å². The van der Waals surface area contributed by atoms with E-state index < -0.39 is 0 Å². The maximum Gasteiger partial charge on any atom is 0.271 e. The molecule has 0 unspecified atom stereocenters. The van der Waals surface area contributed by atoms with E-state index in [1.165, 1.54) is 38.5 Å². The summed E-state index contributed by atoms with van der Waals surface area (Å²) < 4.78 is 7.24. The van der Waals surface area contributed by atoms with E-state index >= 15 is 0 Å². The number of halogens is 2. The molecule has 1 heterocycles. The fraction of sp³-hybridized carbons (Fsp3) is 0.545. The van der Waals surface area contributed by atoms with E-state index in [0.29, 0.717) is 26.9 Å². The molecule has 4 bridgehead atoms. The van der Waals surface area contributed by atoms with Gasteiger partial charge in [-0.3, -0.25) is 4.79 Å². The van der Waals surface area contributed by atoms with Crippen LogP contribution in [0.25, 0.3) is 0 Å². The molecule has 7 heteroatoms. The Morgan fingerprint density at radius 1 is 1.10 bits per heavy atom. The van der Waals surface area contributed by atoms with Gasteiger partial charge in [0.05, 0.1) is 10.0 Å². The van der Waals surface area contributed by atoms with Crippen LogP contribution in [-0.2, 0) is 6.73 Å². The number of ether oxygens (including phenoxy) is 1. The first kappa shape index (κ1) is 19.3. The number of nitrogens with one attached hydrogen (secondary N) is 1. The zero-order valence-electron chi connectivity index (χ0n) is 16.2. The highest BCUT2D eigenvalue weighted by Gasteiger charge is 2.50. The van der Waals surface area contributed by atoms with Crippen molar-refractivity contribution >= 4 is 29.1 Å². The van der Waals surface area contributed by atoms with Crippen LogP contribution in [0.2, 0.25) is 10.0 Å². The Morgan fingerprint density at radius 3 is 2.34 bits per heavy atom. The van der Waals surface area contributed by atoms with Gasteiger partial charge in [-0.15, -0.1) is 0 Å². The third-order valence-corrected chi connectivity index (χ3v) is 7.52. The van der Waals surface area contributed by atoms with Crippen molar-refractivity contribution < 1.29 is 9.53 Å². The molecule has 5 nitrogen and oxygen atoms in total. The highest BCUT2D eigenvalue weighted by atomic mass is 35.5. The lowest BCUT2D eigenvalue weighted by Crippen LogP contribution is -2.51. The molecule has 6 rings (SSSR count). The number of nitrogens with zero attached hydrogens (tertiary/aromatic N) is 2. The second-order valence-corrected chi connectivity index (χ2v) is 9.98. The van der Waals surface area contributed by atoms with Gasteiger partial charge < -0.3 is 10.1 Å². The molecule has 1 aromatic heterocycles. The predicted octanol–water partition coefficient (Wildman–Crippen LogP) is 5.17. The first-order valence-electron chi connectivity index (χ1n) is 10.4. The molecule has 4 saturated carbocycles. The van der Waals surface area contributed by atoms with Gasteiger partial charge in [-0.1, -0.05) is 29.3 Å². The third-order valence-electron chi connectivity index (χ3n) is 6.92. The topological polar surface area (TPSA) is 56.2 Å². The summed E-state index contributed by atoms with van der Waals surface area (Å²) in [5, 5.41) is 8.39. The first-order valence-corrected chi connectivity index (χ1v) is 11.1. The van der Waals surface area contributed by atoms with Gasteiger partial charge in [0.25, 0.3) is 5.91 Å². The molecular weight excluding hydrogens is 409 g/mol. The maximum absolute atomic E-state index is 12.7. The van der Waals surface area contributed by atoms with Crippen molar-refractivity contribution in [1.82, 2.24) is 15.1 Å². The van der Waals surface area contributed by atoms with Crippen molar-refractivity contribution in [2.24, 2.45) is 23.2 Å². The Balaban J connectivity index is 1.18. The van der Waals surface area contributed by atoms with E-state index in [1.807, 2.05) is 0 Å². The fourth-order valence-corrected chi connectivity index (χ4v) is 6.68. The normalized spacial score (nSPS) is 29.8. The predicted molar refractivity (Wildman–Crippen MR) is 112 cm³/mol. The van der Waals surface area contributed by atoms with Gasteiger partial charge in [-0.2, -0.15) is 5.10 Å². The second kappa shape index (κ2) is 7.51. The molecule has 4 aliphatic carbocycles. The van der Waals surface area contributed by atoms with E-state index in [0.717, 1.165) is 24.3 Å². The van der Waals surface area contributed by atoms with Crippen LogP contribution in [0.5, 0.6) is 5.75 Å². The highest BCUT2D eigenvalue weighted by Crippen LogP contribution is 2.59. The molecule has 0 spiro atoms. The van der Waals surface area contributed by atoms with Crippen molar-refractivity contribution in [2.45, 2.75) is 45.3 Å². The number of amides is 1. The molecule has 154 valence electrons. The van der Waals surface area contributed by atoms with Gasteiger partial charge in [-0.05, 0) is 79.9 Å². The van der Waals surface area contributed by atoms with Gasteiger partial charge in [-0.25, -0.2) is 4.68 Å². The van der Waals surface area contributed by atoms with Gasteiger partial charge >= 0.3 is 0 Å². The fourth-order valence-electron chi connectivity index (χ4n) is 6.17. The Bertz CT molecular complexity index is 871.